The molecule has 2 N–H and O–H groups in total. The molecule has 0 fully saturated rings. The Morgan fingerprint density at radius 2 is 1.70 bits per heavy atom. The maximum Gasteiger partial charge on any atom is 0.242 e. The number of rotatable bonds is 7. The summed E-state index contributed by atoms with van der Waals surface area (Å²) in [6.45, 7) is 7.55. The number of sulfonamides is 1. The molecule has 0 aliphatic heterocycles. The summed E-state index contributed by atoms with van der Waals surface area (Å²) in [6.07, 6.45) is 0.372. The third kappa shape index (κ3) is 5.79. The van der Waals surface area contributed by atoms with Crippen LogP contribution in [0, 0.1) is 19.8 Å². The summed E-state index contributed by atoms with van der Waals surface area (Å²) < 4.78 is 27.9. The Hall–Kier alpha value is -1.89. The van der Waals surface area contributed by atoms with Crippen molar-refractivity contribution in [3.05, 3.63) is 58.6 Å². The molecule has 0 aliphatic carbocycles. The smallest absolute Gasteiger partial charge is 0.242 e. The largest absolute Gasteiger partial charge is 0.324 e. The van der Waals surface area contributed by atoms with Crippen LogP contribution in [0.25, 0.3) is 0 Å². The minimum Gasteiger partial charge on any atom is -0.324 e. The molecule has 5 nitrogen and oxygen atoms in total. The van der Waals surface area contributed by atoms with Crippen LogP contribution >= 0.6 is 11.6 Å². The first kappa shape index (κ1) is 21.4. The number of amides is 1. The molecule has 2 rings (SSSR count). The average molecular weight is 409 g/mol. The van der Waals surface area contributed by atoms with E-state index in [-0.39, 0.29) is 10.8 Å². The summed E-state index contributed by atoms with van der Waals surface area (Å²) in [7, 11) is -3.81. The molecule has 0 saturated heterocycles. The lowest BCUT2D eigenvalue weighted by molar-refractivity contribution is -0.118. The zero-order chi connectivity index (χ0) is 20.2. The number of carbonyl (C=O) groups excluding carboxylic acids is 1. The predicted octanol–water partition coefficient (Wildman–Crippen LogP) is 4.29. The van der Waals surface area contributed by atoms with Gasteiger partial charge in [0.25, 0.3) is 0 Å². The zero-order valence-corrected chi connectivity index (χ0v) is 17.5. The van der Waals surface area contributed by atoms with Crippen LogP contribution in [0.15, 0.2) is 47.4 Å². The first-order valence-electron chi connectivity index (χ1n) is 8.75. The molecule has 0 heterocycles. The Kier molecular flexibility index (Phi) is 7.03. The first-order valence-corrected chi connectivity index (χ1v) is 10.6. The molecule has 1 amide bonds. The van der Waals surface area contributed by atoms with Crippen molar-refractivity contribution in [3.8, 4) is 0 Å². The van der Waals surface area contributed by atoms with E-state index < -0.39 is 22.0 Å². The van der Waals surface area contributed by atoms with Gasteiger partial charge < -0.3 is 5.32 Å². The van der Waals surface area contributed by atoms with Crippen molar-refractivity contribution < 1.29 is 13.2 Å². The quantitative estimate of drug-likeness (QED) is 0.717. The van der Waals surface area contributed by atoms with E-state index in [1.165, 1.54) is 12.1 Å². The van der Waals surface area contributed by atoms with E-state index in [1.54, 1.807) is 37.3 Å². The van der Waals surface area contributed by atoms with E-state index in [4.69, 9.17) is 11.6 Å². The maximum absolute atomic E-state index is 12.8. The fourth-order valence-corrected chi connectivity index (χ4v) is 4.00. The Bertz CT molecular complexity index is 909. The Balaban J connectivity index is 2.25. The summed E-state index contributed by atoms with van der Waals surface area (Å²) >= 11 is 6.10. The van der Waals surface area contributed by atoms with Crippen LogP contribution in [0.5, 0.6) is 0 Å². The highest BCUT2D eigenvalue weighted by Gasteiger charge is 2.27. The zero-order valence-electron chi connectivity index (χ0n) is 15.9. The third-order valence-corrected chi connectivity index (χ3v) is 6.07. The molecular formula is C20H25ClN2O3S. The number of anilines is 1. The molecule has 1 atom stereocenters. The van der Waals surface area contributed by atoms with Gasteiger partial charge in [0.2, 0.25) is 15.9 Å². The second-order valence-electron chi connectivity index (χ2n) is 7.02. The minimum atomic E-state index is -3.81. The normalized spacial score (nSPS) is 12.8. The lowest BCUT2D eigenvalue weighted by atomic mass is 10.0. The van der Waals surface area contributed by atoms with Crippen molar-refractivity contribution in [2.45, 2.75) is 45.1 Å². The Morgan fingerprint density at radius 3 is 2.30 bits per heavy atom. The van der Waals surface area contributed by atoms with Crippen molar-refractivity contribution in [2.24, 2.45) is 5.92 Å². The molecule has 2 aromatic rings. The van der Waals surface area contributed by atoms with Gasteiger partial charge >= 0.3 is 0 Å². The SMILES string of the molecule is Cc1ccc(S(=O)(=O)NC(CC(C)C)C(=O)Nc2cccc(Cl)c2C)cc1. The number of nitrogens with one attached hydrogen (secondary N) is 2. The van der Waals surface area contributed by atoms with Gasteiger partial charge in [0, 0.05) is 10.7 Å². The van der Waals surface area contributed by atoms with Crippen LogP contribution in [0.4, 0.5) is 5.69 Å². The number of benzene rings is 2. The molecule has 1 unspecified atom stereocenters. The molecule has 0 spiro atoms. The monoisotopic (exact) mass is 408 g/mol. The van der Waals surface area contributed by atoms with Gasteiger partial charge in [-0.2, -0.15) is 4.72 Å². The number of aryl methyl sites for hydroxylation is 1. The predicted molar refractivity (Wildman–Crippen MR) is 110 cm³/mol. The summed E-state index contributed by atoms with van der Waals surface area (Å²) in [5, 5.41) is 3.32. The fourth-order valence-electron chi connectivity index (χ4n) is 2.62. The van der Waals surface area contributed by atoms with Gasteiger partial charge in [-0.25, -0.2) is 8.42 Å². The lowest BCUT2D eigenvalue weighted by Gasteiger charge is -2.21. The van der Waals surface area contributed by atoms with Gasteiger partial charge in [-0.1, -0.05) is 49.2 Å². The van der Waals surface area contributed by atoms with Crippen LogP contribution in [0.1, 0.15) is 31.4 Å². The van der Waals surface area contributed by atoms with Gasteiger partial charge in [0.1, 0.15) is 6.04 Å². The van der Waals surface area contributed by atoms with E-state index >= 15 is 0 Å². The van der Waals surface area contributed by atoms with Gasteiger partial charge in [-0.15, -0.1) is 0 Å². The van der Waals surface area contributed by atoms with Crippen LogP contribution in [-0.2, 0) is 14.8 Å². The van der Waals surface area contributed by atoms with Gasteiger partial charge in [0.15, 0.2) is 0 Å². The molecule has 0 radical (unpaired) electrons. The van der Waals surface area contributed by atoms with Crippen LogP contribution in [0.2, 0.25) is 5.02 Å². The third-order valence-electron chi connectivity index (χ3n) is 4.18. The molecule has 27 heavy (non-hydrogen) atoms. The fraction of sp³-hybridized carbons (Fsp3) is 0.350. The summed E-state index contributed by atoms with van der Waals surface area (Å²) in [4.78, 5) is 12.9. The number of carbonyl (C=O) groups is 1. The van der Waals surface area contributed by atoms with E-state index in [0.29, 0.717) is 17.1 Å². The summed E-state index contributed by atoms with van der Waals surface area (Å²) in [6, 6.07) is 10.8. The molecule has 146 valence electrons. The summed E-state index contributed by atoms with van der Waals surface area (Å²) in [5.41, 5.74) is 2.26. The second kappa shape index (κ2) is 8.87. The molecule has 2 aromatic carbocycles. The molecule has 0 aromatic heterocycles. The lowest BCUT2D eigenvalue weighted by Crippen LogP contribution is -2.44. The topological polar surface area (TPSA) is 75.3 Å². The molecule has 0 aliphatic rings. The molecule has 0 saturated carbocycles. The summed E-state index contributed by atoms with van der Waals surface area (Å²) in [5.74, 6) is -0.285. The first-order chi connectivity index (χ1) is 12.6. The average Bonchev–Trinajstić information content (AvgIpc) is 2.58. The highest BCUT2D eigenvalue weighted by Crippen LogP contribution is 2.23. The van der Waals surface area contributed by atoms with Crippen LogP contribution in [0.3, 0.4) is 0 Å². The highest BCUT2D eigenvalue weighted by molar-refractivity contribution is 7.89. The number of hydrogen-bond donors (Lipinski definition) is 2. The van der Waals surface area contributed by atoms with Crippen molar-refractivity contribution in [3.63, 3.8) is 0 Å². The van der Waals surface area contributed by atoms with Crippen molar-refractivity contribution >= 4 is 33.2 Å². The van der Waals surface area contributed by atoms with Gasteiger partial charge in [0.05, 0.1) is 4.90 Å². The Labute approximate surface area is 166 Å². The maximum atomic E-state index is 12.8. The van der Waals surface area contributed by atoms with Crippen LogP contribution < -0.4 is 10.0 Å². The number of halogens is 1. The minimum absolute atomic E-state index is 0.127. The van der Waals surface area contributed by atoms with E-state index in [0.717, 1.165) is 11.1 Å². The van der Waals surface area contributed by atoms with E-state index in [9.17, 15) is 13.2 Å². The highest BCUT2D eigenvalue weighted by atomic mass is 35.5. The van der Waals surface area contributed by atoms with Crippen molar-refractivity contribution in [1.82, 2.24) is 4.72 Å². The molecule has 0 bridgehead atoms. The molecule has 7 heteroatoms. The van der Waals surface area contributed by atoms with Crippen LogP contribution in [-0.4, -0.2) is 20.4 Å². The van der Waals surface area contributed by atoms with Crippen molar-refractivity contribution in [1.29, 1.82) is 0 Å². The van der Waals surface area contributed by atoms with Gasteiger partial charge in [-0.05, 0) is 56.0 Å². The second-order valence-corrected chi connectivity index (χ2v) is 9.14. The Morgan fingerprint density at radius 1 is 1.07 bits per heavy atom. The van der Waals surface area contributed by atoms with Crippen molar-refractivity contribution in [2.75, 3.05) is 5.32 Å². The number of hydrogen-bond acceptors (Lipinski definition) is 3. The van der Waals surface area contributed by atoms with E-state index in [1.807, 2.05) is 20.8 Å². The molecular weight excluding hydrogens is 384 g/mol. The van der Waals surface area contributed by atoms with Gasteiger partial charge in [-0.3, -0.25) is 4.79 Å². The van der Waals surface area contributed by atoms with E-state index in [2.05, 4.69) is 10.0 Å². The standard InChI is InChI=1S/C20H25ClN2O3S/c1-13(2)12-19(20(24)22-18-7-5-6-17(21)15(18)4)23-27(25,26)16-10-8-14(3)9-11-16/h5-11,13,19,23H,12H2,1-4H3,(H,22,24).